The molecule has 1 fully saturated rings. The molecule has 2 amide bonds. The zero-order chi connectivity index (χ0) is 18.0. The van der Waals surface area contributed by atoms with E-state index >= 15 is 0 Å². The van der Waals surface area contributed by atoms with E-state index in [0.29, 0.717) is 0 Å². The Hall–Kier alpha value is -2.36. The average molecular weight is 340 g/mol. The number of amides is 2. The van der Waals surface area contributed by atoms with E-state index in [0.717, 1.165) is 48.1 Å². The van der Waals surface area contributed by atoms with Gasteiger partial charge >= 0.3 is 6.03 Å². The molecule has 0 bridgehead atoms. The normalized spacial score (nSPS) is 15.8. The molecule has 2 aromatic carbocycles. The lowest BCUT2D eigenvalue weighted by Gasteiger charge is -2.31. The number of hydrogen-bond donors (Lipinski definition) is 2. The topological polar surface area (TPSA) is 41.1 Å². The van der Waals surface area contributed by atoms with Gasteiger partial charge in [0.15, 0.2) is 0 Å². The number of benzene rings is 2. The first kappa shape index (κ1) is 17.5. The van der Waals surface area contributed by atoms with Crippen molar-refractivity contribution in [3.05, 3.63) is 64.5 Å². The van der Waals surface area contributed by atoms with Crippen LogP contribution >= 0.6 is 0 Å². The third kappa shape index (κ3) is 3.68. The molecule has 0 aromatic heterocycles. The standard InChI is InChI=1S/C21H25FN2O/c1-14-12-15(2)19(16(3)13-14)23-20(25)24-21(10-4-5-11-21)17-6-8-18(22)9-7-17/h6-9,12-13H,4-5,10-11H2,1-3H3,(H2,23,24,25). The summed E-state index contributed by atoms with van der Waals surface area (Å²) in [4.78, 5) is 12.7. The zero-order valence-corrected chi connectivity index (χ0v) is 15.1. The van der Waals surface area contributed by atoms with Crippen LogP contribution in [0, 0.1) is 26.6 Å². The second-order valence-corrected chi connectivity index (χ2v) is 7.15. The van der Waals surface area contributed by atoms with Crippen LogP contribution in [0.15, 0.2) is 36.4 Å². The summed E-state index contributed by atoms with van der Waals surface area (Å²) >= 11 is 0. The number of urea groups is 1. The predicted octanol–water partition coefficient (Wildman–Crippen LogP) is 5.34. The molecule has 3 rings (SSSR count). The fraction of sp³-hybridized carbons (Fsp3) is 0.381. The summed E-state index contributed by atoms with van der Waals surface area (Å²) < 4.78 is 13.3. The van der Waals surface area contributed by atoms with Gasteiger partial charge in [-0.3, -0.25) is 0 Å². The van der Waals surface area contributed by atoms with Crippen molar-refractivity contribution in [1.82, 2.24) is 5.32 Å². The first-order valence-electron chi connectivity index (χ1n) is 8.83. The number of hydrogen-bond acceptors (Lipinski definition) is 1. The lowest BCUT2D eigenvalue weighted by molar-refractivity contribution is 0.236. The minimum Gasteiger partial charge on any atom is -0.328 e. The molecule has 0 atom stereocenters. The third-order valence-corrected chi connectivity index (χ3v) is 5.12. The van der Waals surface area contributed by atoms with Crippen LogP contribution in [0.25, 0.3) is 0 Å². The maximum Gasteiger partial charge on any atom is 0.319 e. The number of rotatable bonds is 3. The molecule has 0 spiro atoms. The number of aryl methyl sites for hydroxylation is 3. The van der Waals surface area contributed by atoms with Gasteiger partial charge in [-0.2, -0.15) is 0 Å². The molecule has 0 heterocycles. The number of halogens is 1. The first-order chi connectivity index (χ1) is 11.9. The van der Waals surface area contributed by atoms with Crippen LogP contribution in [-0.2, 0) is 5.54 Å². The number of nitrogens with one attached hydrogen (secondary N) is 2. The minimum absolute atomic E-state index is 0.207. The van der Waals surface area contributed by atoms with E-state index in [9.17, 15) is 9.18 Å². The molecular weight excluding hydrogens is 315 g/mol. The van der Waals surface area contributed by atoms with Crippen molar-refractivity contribution >= 4 is 11.7 Å². The van der Waals surface area contributed by atoms with Gasteiger partial charge in [0.25, 0.3) is 0 Å². The second-order valence-electron chi connectivity index (χ2n) is 7.15. The van der Waals surface area contributed by atoms with Crippen LogP contribution in [0.1, 0.15) is 47.9 Å². The number of carbonyl (C=O) groups is 1. The number of carbonyl (C=O) groups excluding carboxylic acids is 1. The summed E-state index contributed by atoms with van der Waals surface area (Å²) in [5.74, 6) is -0.257. The molecule has 0 radical (unpaired) electrons. The molecule has 2 N–H and O–H groups in total. The fourth-order valence-electron chi connectivity index (χ4n) is 3.97. The molecule has 0 saturated heterocycles. The van der Waals surface area contributed by atoms with Crippen molar-refractivity contribution in [3.8, 4) is 0 Å². The molecular formula is C21H25FN2O. The maximum absolute atomic E-state index is 13.3. The molecule has 3 nitrogen and oxygen atoms in total. The van der Waals surface area contributed by atoms with E-state index in [-0.39, 0.29) is 11.8 Å². The minimum atomic E-state index is -0.412. The molecule has 4 heteroatoms. The largest absolute Gasteiger partial charge is 0.328 e. The van der Waals surface area contributed by atoms with Crippen molar-refractivity contribution in [3.63, 3.8) is 0 Å². The smallest absolute Gasteiger partial charge is 0.319 e. The Kier molecular flexibility index (Phi) is 4.80. The van der Waals surface area contributed by atoms with Gasteiger partial charge in [0, 0.05) is 5.69 Å². The highest BCUT2D eigenvalue weighted by molar-refractivity contribution is 5.91. The van der Waals surface area contributed by atoms with E-state index in [1.165, 1.54) is 17.7 Å². The van der Waals surface area contributed by atoms with Gasteiger partial charge < -0.3 is 10.6 Å². The SMILES string of the molecule is Cc1cc(C)c(NC(=O)NC2(c3ccc(F)cc3)CCCC2)c(C)c1. The van der Waals surface area contributed by atoms with E-state index in [1.807, 2.05) is 20.8 Å². The number of anilines is 1. The Morgan fingerprint density at radius 2 is 1.56 bits per heavy atom. The Labute approximate surface area is 148 Å². The highest BCUT2D eigenvalue weighted by Crippen LogP contribution is 2.39. The Morgan fingerprint density at radius 1 is 1.00 bits per heavy atom. The van der Waals surface area contributed by atoms with E-state index < -0.39 is 5.54 Å². The molecule has 0 unspecified atom stereocenters. The van der Waals surface area contributed by atoms with Crippen LogP contribution in [0.2, 0.25) is 0 Å². The molecule has 132 valence electrons. The van der Waals surface area contributed by atoms with Crippen molar-refractivity contribution in [2.75, 3.05) is 5.32 Å². The van der Waals surface area contributed by atoms with Gasteiger partial charge in [-0.1, -0.05) is 42.7 Å². The Bertz CT molecular complexity index is 754. The Morgan fingerprint density at radius 3 is 2.12 bits per heavy atom. The zero-order valence-electron chi connectivity index (χ0n) is 15.1. The molecule has 1 aliphatic rings. The molecule has 2 aromatic rings. The van der Waals surface area contributed by atoms with Gasteiger partial charge in [0.2, 0.25) is 0 Å². The van der Waals surface area contributed by atoms with Gasteiger partial charge in [-0.25, -0.2) is 9.18 Å². The lowest BCUT2D eigenvalue weighted by Crippen LogP contribution is -2.46. The van der Waals surface area contributed by atoms with Crippen molar-refractivity contribution in [1.29, 1.82) is 0 Å². The van der Waals surface area contributed by atoms with Gasteiger partial charge in [0.1, 0.15) is 5.82 Å². The molecule has 1 saturated carbocycles. The molecule has 0 aliphatic heterocycles. The van der Waals surface area contributed by atoms with E-state index in [2.05, 4.69) is 22.8 Å². The van der Waals surface area contributed by atoms with Crippen molar-refractivity contribution in [2.24, 2.45) is 0 Å². The van der Waals surface area contributed by atoms with Crippen LogP contribution in [0.3, 0.4) is 0 Å². The highest BCUT2D eigenvalue weighted by Gasteiger charge is 2.37. The summed E-state index contributed by atoms with van der Waals surface area (Å²) in [5, 5.41) is 6.19. The van der Waals surface area contributed by atoms with Crippen molar-refractivity contribution < 1.29 is 9.18 Å². The summed E-state index contributed by atoms with van der Waals surface area (Å²) in [5.41, 5.74) is 4.70. The Balaban J connectivity index is 1.81. The van der Waals surface area contributed by atoms with Gasteiger partial charge in [-0.15, -0.1) is 0 Å². The molecule has 1 aliphatic carbocycles. The average Bonchev–Trinajstić information content (AvgIpc) is 3.01. The maximum atomic E-state index is 13.3. The van der Waals surface area contributed by atoms with E-state index in [4.69, 9.17) is 0 Å². The summed E-state index contributed by atoms with van der Waals surface area (Å²) in [6, 6.07) is 10.4. The van der Waals surface area contributed by atoms with Gasteiger partial charge in [-0.05, 0) is 62.4 Å². The predicted molar refractivity (Wildman–Crippen MR) is 99.4 cm³/mol. The summed E-state index contributed by atoms with van der Waals surface area (Å²) in [6.45, 7) is 6.05. The van der Waals surface area contributed by atoms with Gasteiger partial charge in [0.05, 0.1) is 5.54 Å². The second kappa shape index (κ2) is 6.87. The van der Waals surface area contributed by atoms with Crippen LogP contribution < -0.4 is 10.6 Å². The van der Waals surface area contributed by atoms with Crippen LogP contribution in [0.4, 0.5) is 14.9 Å². The van der Waals surface area contributed by atoms with E-state index in [1.54, 1.807) is 12.1 Å². The quantitative estimate of drug-likeness (QED) is 0.778. The van der Waals surface area contributed by atoms with Crippen LogP contribution in [0.5, 0.6) is 0 Å². The summed E-state index contributed by atoms with van der Waals surface area (Å²) in [7, 11) is 0. The highest BCUT2D eigenvalue weighted by atomic mass is 19.1. The third-order valence-electron chi connectivity index (χ3n) is 5.12. The molecule has 25 heavy (non-hydrogen) atoms. The fourth-order valence-corrected chi connectivity index (χ4v) is 3.97. The first-order valence-corrected chi connectivity index (χ1v) is 8.83. The lowest BCUT2D eigenvalue weighted by atomic mass is 9.88. The van der Waals surface area contributed by atoms with Crippen molar-refractivity contribution in [2.45, 2.75) is 52.0 Å². The monoisotopic (exact) mass is 340 g/mol. The van der Waals surface area contributed by atoms with Crippen LogP contribution in [-0.4, -0.2) is 6.03 Å². The summed E-state index contributed by atoms with van der Waals surface area (Å²) in [6.07, 6.45) is 3.86.